The molecule has 0 aliphatic rings. The summed E-state index contributed by atoms with van der Waals surface area (Å²) < 4.78 is 0. The fourth-order valence-corrected chi connectivity index (χ4v) is 1.37. The number of hydrogen-bond donors (Lipinski definition) is 3. The Morgan fingerprint density at radius 1 is 1.36 bits per heavy atom. The van der Waals surface area contributed by atoms with E-state index in [1.807, 2.05) is 19.0 Å². The van der Waals surface area contributed by atoms with E-state index in [1.165, 1.54) is 6.07 Å². The van der Waals surface area contributed by atoms with E-state index in [0.717, 1.165) is 0 Å². The van der Waals surface area contributed by atoms with Crippen molar-refractivity contribution in [2.75, 3.05) is 19.8 Å². The Kier molecular flexibility index (Phi) is 2.86. The predicted octanol–water partition coefficient (Wildman–Crippen LogP) is 1.05. The lowest BCUT2D eigenvalue weighted by Gasteiger charge is -2.15. The van der Waals surface area contributed by atoms with Gasteiger partial charge in [0.25, 0.3) is 0 Å². The molecule has 0 aliphatic carbocycles. The molecule has 0 unspecified atom stereocenters. The quantitative estimate of drug-likeness (QED) is 0.375. The van der Waals surface area contributed by atoms with E-state index in [9.17, 15) is 10.2 Å². The number of nitrogens with zero attached hydrogens (tertiary/aromatic N) is 1. The average molecular weight is 196 g/mol. The van der Waals surface area contributed by atoms with Crippen molar-refractivity contribution < 1.29 is 10.2 Å². The standard InChI is InChI=1S/C10H16N2O2/c1-6-7(5-12(2)3)9(13)4-8(11)10(6)14/h4,13-14H,5,11H2,1-3H3. The van der Waals surface area contributed by atoms with Crippen molar-refractivity contribution >= 4 is 5.69 Å². The third-order valence-electron chi connectivity index (χ3n) is 2.16. The topological polar surface area (TPSA) is 69.7 Å². The second-order valence-corrected chi connectivity index (χ2v) is 3.67. The summed E-state index contributed by atoms with van der Waals surface area (Å²) in [5.74, 6) is 0.186. The maximum atomic E-state index is 9.63. The molecule has 4 nitrogen and oxygen atoms in total. The van der Waals surface area contributed by atoms with E-state index in [0.29, 0.717) is 17.7 Å². The highest BCUT2D eigenvalue weighted by atomic mass is 16.3. The molecule has 1 aromatic rings. The Morgan fingerprint density at radius 2 is 1.93 bits per heavy atom. The monoisotopic (exact) mass is 196 g/mol. The number of benzene rings is 1. The number of phenols is 2. The van der Waals surface area contributed by atoms with E-state index in [1.54, 1.807) is 6.92 Å². The SMILES string of the molecule is Cc1c(O)c(N)cc(O)c1CN(C)C. The molecule has 0 saturated heterocycles. The zero-order valence-corrected chi connectivity index (χ0v) is 8.70. The van der Waals surface area contributed by atoms with Crippen LogP contribution in [0.25, 0.3) is 0 Å². The molecular formula is C10H16N2O2. The van der Waals surface area contributed by atoms with E-state index < -0.39 is 0 Å². The molecule has 0 aromatic heterocycles. The summed E-state index contributed by atoms with van der Waals surface area (Å²) in [5.41, 5.74) is 7.05. The molecule has 0 spiro atoms. The van der Waals surface area contributed by atoms with Gasteiger partial charge < -0.3 is 20.8 Å². The molecule has 0 heterocycles. The first kappa shape index (κ1) is 10.7. The third kappa shape index (κ3) is 1.90. The summed E-state index contributed by atoms with van der Waals surface area (Å²) in [6.45, 7) is 2.32. The van der Waals surface area contributed by atoms with E-state index in [-0.39, 0.29) is 17.2 Å². The summed E-state index contributed by atoms with van der Waals surface area (Å²) in [5, 5.41) is 19.2. The first-order valence-electron chi connectivity index (χ1n) is 4.38. The Hall–Kier alpha value is -1.42. The first-order chi connectivity index (χ1) is 6.43. The molecule has 0 fully saturated rings. The Bertz CT molecular complexity index is 348. The lowest BCUT2D eigenvalue weighted by atomic mass is 10.0. The molecule has 0 bridgehead atoms. The van der Waals surface area contributed by atoms with Crippen LogP contribution >= 0.6 is 0 Å². The molecule has 0 radical (unpaired) electrons. The molecule has 14 heavy (non-hydrogen) atoms. The van der Waals surface area contributed by atoms with Crippen LogP contribution < -0.4 is 5.73 Å². The normalized spacial score (nSPS) is 10.9. The Labute approximate surface area is 83.6 Å². The second kappa shape index (κ2) is 3.75. The minimum Gasteiger partial charge on any atom is -0.508 e. The van der Waals surface area contributed by atoms with Crippen molar-refractivity contribution in [1.29, 1.82) is 0 Å². The van der Waals surface area contributed by atoms with Crippen LogP contribution in [0.5, 0.6) is 11.5 Å². The van der Waals surface area contributed by atoms with Crippen molar-refractivity contribution in [2.45, 2.75) is 13.5 Å². The van der Waals surface area contributed by atoms with Gasteiger partial charge >= 0.3 is 0 Å². The van der Waals surface area contributed by atoms with Gasteiger partial charge in [0.15, 0.2) is 0 Å². The van der Waals surface area contributed by atoms with E-state index in [4.69, 9.17) is 5.73 Å². The molecule has 4 heteroatoms. The Balaban J connectivity index is 3.22. The molecule has 4 N–H and O–H groups in total. The second-order valence-electron chi connectivity index (χ2n) is 3.67. The van der Waals surface area contributed by atoms with Crippen LogP contribution in [0.2, 0.25) is 0 Å². The maximum Gasteiger partial charge on any atom is 0.141 e. The number of phenolic OH excluding ortho intramolecular Hbond substituents is 2. The number of hydrogen-bond acceptors (Lipinski definition) is 4. The van der Waals surface area contributed by atoms with Gasteiger partial charge in [-0.25, -0.2) is 0 Å². The lowest BCUT2D eigenvalue weighted by molar-refractivity contribution is 0.381. The highest BCUT2D eigenvalue weighted by molar-refractivity contribution is 5.62. The Morgan fingerprint density at radius 3 is 2.43 bits per heavy atom. The van der Waals surface area contributed by atoms with E-state index in [2.05, 4.69) is 0 Å². The number of nitrogen functional groups attached to an aromatic ring is 1. The highest BCUT2D eigenvalue weighted by Gasteiger charge is 2.12. The minimum absolute atomic E-state index is 0.0552. The van der Waals surface area contributed by atoms with Crippen molar-refractivity contribution in [2.24, 2.45) is 0 Å². The highest BCUT2D eigenvalue weighted by Crippen LogP contribution is 2.34. The number of aromatic hydroxyl groups is 2. The third-order valence-corrected chi connectivity index (χ3v) is 2.16. The average Bonchev–Trinajstić information content (AvgIpc) is 2.09. The molecular weight excluding hydrogens is 180 g/mol. The largest absolute Gasteiger partial charge is 0.508 e. The summed E-state index contributed by atoms with van der Waals surface area (Å²) in [7, 11) is 3.79. The minimum atomic E-state index is 0.0552. The van der Waals surface area contributed by atoms with Gasteiger partial charge in [-0.2, -0.15) is 0 Å². The van der Waals surface area contributed by atoms with Crippen molar-refractivity contribution in [3.8, 4) is 11.5 Å². The van der Waals surface area contributed by atoms with Gasteiger partial charge in [0.05, 0.1) is 5.69 Å². The summed E-state index contributed by atoms with van der Waals surface area (Å²) >= 11 is 0. The van der Waals surface area contributed by atoms with Crippen LogP contribution in [0, 0.1) is 6.92 Å². The lowest BCUT2D eigenvalue weighted by Crippen LogP contribution is -2.12. The van der Waals surface area contributed by atoms with Crippen LogP contribution in [-0.2, 0) is 6.54 Å². The molecule has 0 aliphatic heterocycles. The molecule has 1 aromatic carbocycles. The van der Waals surface area contributed by atoms with Crippen molar-refractivity contribution in [1.82, 2.24) is 4.90 Å². The summed E-state index contributed by atoms with van der Waals surface area (Å²) in [4.78, 5) is 1.91. The van der Waals surface area contributed by atoms with Gasteiger partial charge in [0, 0.05) is 23.7 Å². The predicted molar refractivity (Wildman–Crippen MR) is 56.3 cm³/mol. The molecule has 0 saturated carbocycles. The molecule has 78 valence electrons. The molecule has 0 amide bonds. The van der Waals surface area contributed by atoms with Gasteiger partial charge in [0.2, 0.25) is 0 Å². The van der Waals surface area contributed by atoms with Gasteiger partial charge in [-0.1, -0.05) is 0 Å². The zero-order valence-electron chi connectivity index (χ0n) is 8.70. The van der Waals surface area contributed by atoms with Gasteiger partial charge in [-0.3, -0.25) is 0 Å². The van der Waals surface area contributed by atoms with Crippen LogP contribution in [0.3, 0.4) is 0 Å². The van der Waals surface area contributed by atoms with Gasteiger partial charge in [-0.15, -0.1) is 0 Å². The van der Waals surface area contributed by atoms with Gasteiger partial charge in [-0.05, 0) is 21.0 Å². The van der Waals surface area contributed by atoms with Crippen molar-refractivity contribution in [3.05, 3.63) is 17.2 Å². The summed E-state index contributed by atoms with van der Waals surface area (Å²) in [6, 6.07) is 1.38. The number of rotatable bonds is 2. The zero-order chi connectivity index (χ0) is 10.9. The maximum absolute atomic E-state index is 9.63. The molecule has 0 atom stereocenters. The smallest absolute Gasteiger partial charge is 0.141 e. The van der Waals surface area contributed by atoms with Crippen LogP contribution in [0.4, 0.5) is 5.69 Å². The first-order valence-corrected chi connectivity index (χ1v) is 4.38. The van der Waals surface area contributed by atoms with Crippen LogP contribution in [0.1, 0.15) is 11.1 Å². The summed E-state index contributed by atoms with van der Waals surface area (Å²) in [6.07, 6.45) is 0. The number of nitrogens with two attached hydrogens (primary N) is 1. The fourth-order valence-electron chi connectivity index (χ4n) is 1.37. The van der Waals surface area contributed by atoms with Crippen LogP contribution in [-0.4, -0.2) is 29.2 Å². The number of anilines is 1. The van der Waals surface area contributed by atoms with Crippen molar-refractivity contribution in [3.63, 3.8) is 0 Å². The van der Waals surface area contributed by atoms with E-state index >= 15 is 0 Å². The fraction of sp³-hybridized carbons (Fsp3) is 0.400. The van der Waals surface area contributed by atoms with Gasteiger partial charge in [0.1, 0.15) is 11.5 Å². The molecule has 1 rings (SSSR count). The van der Waals surface area contributed by atoms with Crippen LogP contribution in [0.15, 0.2) is 6.07 Å².